The number of amides is 1. The molecular weight excluding hydrogens is 458 g/mol. The second kappa shape index (κ2) is 13.1. The Morgan fingerprint density at radius 2 is 1.69 bits per heavy atom. The van der Waals surface area contributed by atoms with Crippen molar-refractivity contribution in [3.05, 3.63) is 59.9 Å². The van der Waals surface area contributed by atoms with E-state index in [0.717, 1.165) is 24.0 Å². The molecule has 1 aliphatic rings. The molecule has 0 spiro atoms. The zero-order valence-electron chi connectivity index (χ0n) is 21.0. The van der Waals surface area contributed by atoms with Gasteiger partial charge in [0.1, 0.15) is 17.6 Å². The highest BCUT2D eigenvalue weighted by atomic mass is 16.5. The SMILES string of the molecule is CC.COc1cc(-c2cnc(Nc3ccc(C(=O)NC4CCOCC4)cc3OC)nc2)ccc1C#N. The molecule has 1 fully saturated rings. The number of carbonyl (C=O) groups excluding carboxylic acids is 1. The van der Waals surface area contributed by atoms with Crippen molar-refractivity contribution in [1.82, 2.24) is 15.3 Å². The molecule has 1 aliphatic heterocycles. The minimum atomic E-state index is -0.143. The highest BCUT2D eigenvalue weighted by Gasteiger charge is 2.18. The van der Waals surface area contributed by atoms with Crippen molar-refractivity contribution in [3.8, 4) is 28.7 Å². The van der Waals surface area contributed by atoms with E-state index in [0.29, 0.717) is 47.5 Å². The van der Waals surface area contributed by atoms with Crippen LogP contribution in [-0.4, -0.2) is 49.4 Å². The fraction of sp³-hybridized carbons (Fsp3) is 0.333. The zero-order chi connectivity index (χ0) is 25.9. The van der Waals surface area contributed by atoms with Gasteiger partial charge in [-0.05, 0) is 48.7 Å². The molecule has 9 nitrogen and oxygen atoms in total. The lowest BCUT2D eigenvalue weighted by molar-refractivity contribution is 0.0696. The van der Waals surface area contributed by atoms with E-state index in [1.165, 1.54) is 7.11 Å². The molecule has 0 radical (unpaired) electrons. The fourth-order valence-electron chi connectivity index (χ4n) is 3.67. The smallest absolute Gasteiger partial charge is 0.251 e. The largest absolute Gasteiger partial charge is 0.495 e. The van der Waals surface area contributed by atoms with Gasteiger partial charge in [0.25, 0.3) is 5.91 Å². The summed E-state index contributed by atoms with van der Waals surface area (Å²) in [7, 11) is 3.07. The van der Waals surface area contributed by atoms with Crippen molar-refractivity contribution in [1.29, 1.82) is 5.26 Å². The fourth-order valence-corrected chi connectivity index (χ4v) is 3.67. The number of nitriles is 1. The molecule has 2 heterocycles. The maximum Gasteiger partial charge on any atom is 0.251 e. The molecule has 188 valence electrons. The molecular formula is C27H31N5O4. The van der Waals surface area contributed by atoms with E-state index in [2.05, 4.69) is 26.7 Å². The zero-order valence-corrected chi connectivity index (χ0v) is 21.0. The summed E-state index contributed by atoms with van der Waals surface area (Å²) >= 11 is 0. The Morgan fingerprint density at radius 1 is 1.00 bits per heavy atom. The third kappa shape index (κ3) is 6.49. The van der Waals surface area contributed by atoms with Crippen LogP contribution in [0.25, 0.3) is 11.1 Å². The lowest BCUT2D eigenvalue weighted by Gasteiger charge is -2.23. The Labute approximate surface area is 211 Å². The van der Waals surface area contributed by atoms with Crippen LogP contribution in [0.15, 0.2) is 48.8 Å². The van der Waals surface area contributed by atoms with E-state index in [9.17, 15) is 4.79 Å². The first kappa shape index (κ1) is 26.4. The Balaban J connectivity index is 0.00000176. The maximum atomic E-state index is 12.6. The van der Waals surface area contributed by atoms with Crippen LogP contribution in [0.4, 0.5) is 11.6 Å². The number of carbonyl (C=O) groups is 1. The quantitative estimate of drug-likeness (QED) is 0.490. The molecule has 9 heteroatoms. The van der Waals surface area contributed by atoms with Gasteiger partial charge in [0.2, 0.25) is 5.95 Å². The monoisotopic (exact) mass is 489 g/mol. The summed E-state index contributed by atoms with van der Waals surface area (Å²) in [6.45, 7) is 5.32. The minimum absolute atomic E-state index is 0.119. The maximum absolute atomic E-state index is 12.6. The highest BCUT2D eigenvalue weighted by molar-refractivity contribution is 5.95. The van der Waals surface area contributed by atoms with E-state index in [4.69, 9.17) is 19.5 Å². The van der Waals surface area contributed by atoms with Crippen LogP contribution >= 0.6 is 0 Å². The van der Waals surface area contributed by atoms with Crippen molar-refractivity contribution in [3.63, 3.8) is 0 Å². The van der Waals surface area contributed by atoms with Crippen LogP contribution in [0.1, 0.15) is 42.6 Å². The number of hydrogen-bond donors (Lipinski definition) is 2. The lowest BCUT2D eigenvalue weighted by atomic mass is 10.1. The highest BCUT2D eigenvalue weighted by Crippen LogP contribution is 2.29. The molecule has 2 aromatic carbocycles. The molecule has 1 amide bonds. The first-order valence-corrected chi connectivity index (χ1v) is 11.9. The molecule has 3 aromatic rings. The Hall–Kier alpha value is -4.16. The van der Waals surface area contributed by atoms with Gasteiger partial charge in [-0.1, -0.05) is 19.9 Å². The molecule has 1 aromatic heterocycles. The number of nitrogens with one attached hydrogen (secondary N) is 2. The van der Waals surface area contributed by atoms with Gasteiger partial charge in [0.05, 0.1) is 25.5 Å². The molecule has 2 N–H and O–H groups in total. The van der Waals surface area contributed by atoms with Gasteiger partial charge in [-0.3, -0.25) is 4.79 Å². The number of ether oxygens (including phenoxy) is 3. The van der Waals surface area contributed by atoms with E-state index in [1.807, 2.05) is 19.9 Å². The van der Waals surface area contributed by atoms with Crippen molar-refractivity contribution >= 4 is 17.5 Å². The molecule has 0 atom stereocenters. The number of rotatable bonds is 7. The first-order chi connectivity index (χ1) is 17.6. The molecule has 4 rings (SSSR count). The molecule has 0 saturated carbocycles. The average molecular weight is 490 g/mol. The predicted molar refractivity (Wildman–Crippen MR) is 138 cm³/mol. The summed E-state index contributed by atoms with van der Waals surface area (Å²) in [4.78, 5) is 21.4. The summed E-state index contributed by atoms with van der Waals surface area (Å²) in [5.41, 5.74) is 3.22. The topological polar surface area (TPSA) is 118 Å². The second-order valence-electron chi connectivity index (χ2n) is 7.72. The van der Waals surface area contributed by atoms with Crippen molar-refractivity contribution in [2.75, 3.05) is 32.8 Å². The van der Waals surface area contributed by atoms with Crippen LogP contribution in [-0.2, 0) is 4.74 Å². The summed E-state index contributed by atoms with van der Waals surface area (Å²) < 4.78 is 16.1. The predicted octanol–water partition coefficient (Wildman–Crippen LogP) is 4.71. The van der Waals surface area contributed by atoms with Gasteiger partial charge < -0.3 is 24.8 Å². The normalized spacial score (nSPS) is 13.0. The third-order valence-corrected chi connectivity index (χ3v) is 5.57. The Morgan fingerprint density at radius 3 is 2.33 bits per heavy atom. The first-order valence-electron chi connectivity index (χ1n) is 11.9. The van der Waals surface area contributed by atoms with E-state index < -0.39 is 0 Å². The van der Waals surface area contributed by atoms with Gasteiger partial charge >= 0.3 is 0 Å². The summed E-state index contributed by atoms with van der Waals surface area (Å²) in [6, 6.07) is 12.7. The van der Waals surface area contributed by atoms with E-state index >= 15 is 0 Å². The Bertz CT molecular complexity index is 1200. The van der Waals surface area contributed by atoms with Crippen LogP contribution in [0.5, 0.6) is 11.5 Å². The molecule has 0 aliphatic carbocycles. The summed E-state index contributed by atoms with van der Waals surface area (Å²) in [5, 5.41) is 15.3. The molecule has 1 saturated heterocycles. The number of methoxy groups -OCH3 is 2. The van der Waals surface area contributed by atoms with E-state index in [1.54, 1.807) is 49.8 Å². The summed E-state index contributed by atoms with van der Waals surface area (Å²) in [5.74, 6) is 1.23. The summed E-state index contributed by atoms with van der Waals surface area (Å²) in [6.07, 6.45) is 4.98. The lowest BCUT2D eigenvalue weighted by Crippen LogP contribution is -2.38. The van der Waals surface area contributed by atoms with Crippen molar-refractivity contribution in [2.24, 2.45) is 0 Å². The van der Waals surface area contributed by atoms with Crippen LogP contribution in [0.3, 0.4) is 0 Å². The van der Waals surface area contributed by atoms with Crippen LogP contribution in [0.2, 0.25) is 0 Å². The standard InChI is InChI=1S/C25H25N5O4.C2H6/c1-32-22-11-16(3-4-18(22)13-26)19-14-27-25(28-15-19)30-21-6-5-17(12-23(21)33-2)24(31)29-20-7-9-34-10-8-20;1-2/h3-6,11-12,14-15,20H,7-10H2,1-2H3,(H,29,31)(H,27,28,30);1-2H3. The average Bonchev–Trinajstić information content (AvgIpc) is 2.94. The van der Waals surface area contributed by atoms with E-state index in [-0.39, 0.29) is 11.9 Å². The van der Waals surface area contributed by atoms with Gasteiger partial charge in [-0.15, -0.1) is 0 Å². The van der Waals surface area contributed by atoms with Crippen LogP contribution < -0.4 is 20.1 Å². The number of benzene rings is 2. The molecule has 0 bridgehead atoms. The number of aromatic nitrogens is 2. The van der Waals surface area contributed by atoms with Crippen molar-refractivity contribution in [2.45, 2.75) is 32.7 Å². The van der Waals surface area contributed by atoms with Crippen molar-refractivity contribution < 1.29 is 19.0 Å². The number of nitrogens with zero attached hydrogens (tertiary/aromatic N) is 3. The molecule has 36 heavy (non-hydrogen) atoms. The third-order valence-electron chi connectivity index (χ3n) is 5.57. The van der Waals surface area contributed by atoms with Gasteiger partial charge in [0.15, 0.2) is 0 Å². The minimum Gasteiger partial charge on any atom is -0.495 e. The number of hydrogen-bond acceptors (Lipinski definition) is 8. The number of anilines is 2. The Kier molecular flexibility index (Phi) is 9.60. The van der Waals surface area contributed by atoms with Gasteiger partial charge in [-0.2, -0.15) is 5.26 Å². The second-order valence-corrected chi connectivity index (χ2v) is 7.72. The van der Waals surface area contributed by atoms with Crippen LogP contribution in [0, 0.1) is 11.3 Å². The van der Waals surface area contributed by atoms with Gasteiger partial charge in [-0.25, -0.2) is 9.97 Å². The van der Waals surface area contributed by atoms with Gasteiger partial charge in [0, 0.05) is 42.8 Å². The molecule has 0 unspecified atom stereocenters.